The van der Waals surface area contributed by atoms with Crippen LogP contribution in [-0.2, 0) is 0 Å². The molecule has 1 unspecified atom stereocenters. The van der Waals surface area contributed by atoms with Crippen LogP contribution in [0.25, 0.3) is 0 Å². The van der Waals surface area contributed by atoms with Gasteiger partial charge >= 0.3 is 0 Å². The predicted octanol–water partition coefficient (Wildman–Crippen LogP) is 5.15. The molecule has 1 nitrogen and oxygen atoms in total. The average molecular weight is 328 g/mol. The van der Waals surface area contributed by atoms with Crippen LogP contribution in [0.5, 0.6) is 0 Å². The van der Waals surface area contributed by atoms with Gasteiger partial charge in [-0.15, -0.1) is 11.8 Å². The molecule has 1 N–H and O–H groups in total. The molecule has 1 atom stereocenters. The molecule has 0 amide bonds. The van der Waals surface area contributed by atoms with Crippen molar-refractivity contribution in [2.45, 2.75) is 55.7 Å². The lowest BCUT2D eigenvalue weighted by Crippen LogP contribution is -2.17. The second kappa shape index (κ2) is 6.97. The Morgan fingerprint density at radius 1 is 1.39 bits per heavy atom. The Balaban J connectivity index is 2.04. The number of rotatable bonds is 5. The van der Waals surface area contributed by atoms with Gasteiger partial charge in [-0.1, -0.05) is 25.8 Å². The summed E-state index contributed by atoms with van der Waals surface area (Å²) in [6.45, 7) is 5.38. The van der Waals surface area contributed by atoms with Crippen LogP contribution in [0.3, 0.4) is 0 Å². The van der Waals surface area contributed by atoms with E-state index in [0.29, 0.717) is 6.04 Å². The van der Waals surface area contributed by atoms with E-state index in [-0.39, 0.29) is 0 Å². The highest BCUT2D eigenvalue weighted by Crippen LogP contribution is 2.38. The average Bonchev–Trinajstić information content (AvgIpc) is 2.85. The SMILES string of the molecule is CCNC(C)c1ccc(SC2CCCC2)c(Br)c1. The Kier molecular flexibility index (Phi) is 5.58. The summed E-state index contributed by atoms with van der Waals surface area (Å²) in [5.41, 5.74) is 1.36. The lowest BCUT2D eigenvalue weighted by molar-refractivity contribution is 0.597. The number of benzene rings is 1. The van der Waals surface area contributed by atoms with E-state index in [1.165, 1.54) is 40.6 Å². The van der Waals surface area contributed by atoms with Gasteiger partial charge in [0, 0.05) is 20.7 Å². The third-order valence-corrected chi connectivity index (χ3v) is 5.90. The van der Waals surface area contributed by atoms with E-state index in [1.54, 1.807) is 0 Å². The van der Waals surface area contributed by atoms with Crippen molar-refractivity contribution in [3.63, 3.8) is 0 Å². The first-order valence-corrected chi connectivity index (χ1v) is 8.57. The third-order valence-electron chi connectivity index (χ3n) is 3.56. The molecule has 0 radical (unpaired) electrons. The van der Waals surface area contributed by atoms with E-state index in [2.05, 4.69) is 53.3 Å². The molecule has 1 aromatic carbocycles. The van der Waals surface area contributed by atoms with Crippen molar-refractivity contribution in [3.8, 4) is 0 Å². The van der Waals surface area contributed by atoms with Crippen molar-refractivity contribution in [2.75, 3.05) is 6.54 Å². The van der Waals surface area contributed by atoms with Crippen LogP contribution in [0.4, 0.5) is 0 Å². The van der Waals surface area contributed by atoms with Crippen LogP contribution in [0, 0.1) is 0 Å². The molecule has 0 heterocycles. The molecule has 0 aromatic heterocycles. The fourth-order valence-electron chi connectivity index (χ4n) is 2.49. The monoisotopic (exact) mass is 327 g/mol. The minimum Gasteiger partial charge on any atom is -0.310 e. The zero-order valence-corrected chi connectivity index (χ0v) is 13.6. The summed E-state index contributed by atoms with van der Waals surface area (Å²) in [6, 6.07) is 7.23. The highest BCUT2D eigenvalue weighted by atomic mass is 79.9. The van der Waals surface area contributed by atoms with Gasteiger partial charge < -0.3 is 5.32 Å². The quantitative estimate of drug-likeness (QED) is 0.802. The summed E-state index contributed by atoms with van der Waals surface area (Å²) in [7, 11) is 0. The molecule has 1 aromatic rings. The van der Waals surface area contributed by atoms with Crippen molar-refractivity contribution in [3.05, 3.63) is 28.2 Å². The minimum atomic E-state index is 0.428. The summed E-state index contributed by atoms with van der Waals surface area (Å²) in [4.78, 5) is 1.40. The highest BCUT2D eigenvalue weighted by molar-refractivity contribution is 9.10. The molecule has 1 aliphatic rings. The Bertz CT molecular complexity index is 388. The van der Waals surface area contributed by atoms with Crippen molar-refractivity contribution in [1.82, 2.24) is 5.32 Å². The van der Waals surface area contributed by atoms with Gasteiger partial charge in [0.1, 0.15) is 0 Å². The fraction of sp³-hybridized carbons (Fsp3) is 0.600. The molecule has 1 aliphatic carbocycles. The Labute approximate surface area is 123 Å². The topological polar surface area (TPSA) is 12.0 Å². The lowest BCUT2D eigenvalue weighted by Gasteiger charge is -2.15. The van der Waals surface area contributed by atoms with Gasteiger partial charge in [0.25, 0.3) is 0 Å². The molecular formula is C15H22BrNS. The first-order chi connectivity index (χ1) is 8.70. The maximum Gasteiger partial charge on any atom is 0.0314 e. The van der Waals surface area contributed by atoms with Crippen molar-refractivity contribution in [2.24, 2.45) is 0 Å². The Morgan fingerprint density at radius 3 is 2.72 bits per heavy atom. The van der Waals surface area contributed by atoms with E-state index in [1.807, 2.05) is 11.8 Å². The molecule has 0 saturated heterocycles. The van der Waals surface area contributed by atoms with Gasteiger partial charge in [0.05, 0.1) is 0 Å². The summed E-state index contributed by atoms with van der Waals surface area (Å²) in [5, 5.41) is 4.29. The van der Waals surface area contributed by atoms with Gasteiger partial charge in [-0.25, -0.2) is 0 Å². The molecule has 1 saturated carbocycles. The van der Waals surface area contributed by atoms with Crippen LogP contribution in [-0.4, -0.2) is 11.8 Å². The van der Waals surface area contributed by atoms with Gasteiger partial charge in [-0.05, 0) is 59.9 Å². The van der Waals surface area contributed by atoms with Crippen molar-refractivity contribution < 1.29 is 0 Å². The molecular weight excluding hydrogens is 306 g/mol. The Morgan fingerprint density at radius 2 is 2.11 bits per heavy atom. The van der Waals surface area contributed by atoms with Gasteiger partial charge in [-0.2, -0.15) is 0 Å². The molecule has 2 rings (SSSR count). The van der Waals surface area contributed by atoms with Crippen LogP contribution in [0.2, 0.25) is 0 Å². The zero-order chi connectivity index (χ0) is 13.0. The molecule has 1 fully saturated rings. The predicted molar refractivity (Wildman–Crippen MR) is 84.3 cm³/mol. The summed E-state index contributed by atoms with van der Waals surface area (Å²) in [5.74, 6) is 0. The maximum absolute atomic E-state index is 3.73. The standard InChI is InChI=1S/C15H22BrNS/c1-3-17-11(2)12-8-9-15(14(16)10-12)18-13-6-4-5-7-13/h8-11,13,17H,3-7H2,1-2H3. The molecule has 0 bridgehead atoms. The summed E-state index contributed by atoms with van der Waals surface area (Å²) >= 11 is 5.77. The molecule has 0 spiro atoms. The largest absolute Gasteiger partial charge is 0.310 e. The highest BCUT2D eigenvalue weighted by Gasteiger charge is 2.17. The normalized spacial score (nSPS) is 18.2. The van der Waals surface area contributed by atoms with Crippen molar-refractivity contribution in [1.29, 1.82) is 0 Å². The van der Waals surface area contributed by atoms with E-state index >= 15 is 0 Å². The Hall–Kier alpha value is 0.01000. The van der Waals surface area contributed by atoms with Gasteiger partial charge in [-0.3, -0.25) is 0 Å². The number of thioether (sulfide) groups is 1. The second-order valence-corrected chi connectivity index (χ2v) is 7.19. The molecule has 100 valence electrons. The zero-order valence-electron chi connectivity index (χ0n) is 11.2. The van der Waals surface area contributed by atoms with Crippen molar-refractivity contribution >= 4 is 27.7 Å². The third kappa shape index (κ3) is 3.75. The lowest BCUT2D eigenvalue weighted by atomic mass is 10.1. The maximum atomic E-state index is 3.73. The van der Waals surface area contributed by atoms with E-state index < -0.39 is 0 Å². The van der Waals surface area contributed by atoms with E-state index in [4.69, 9.17) is 0 Å². The minimum absolute atomic E-state index is 0.428. The number of halogens is 1. The molecule has 3 heteroatoms. The first-order valence-electron chi connectivity index (χ1n) is 6.90. The van der Waals surface area contributed by atoms with Crippen LogP contribution in [0.1, 0.15) is 51.1 Å². The first kappa shape index (κ1) is 14.4. The van der Waals surface area contributed by atoms with Gasteiger partial charge in [0.2, 0.25) is 0 Å². The van der Waals surface area contributed by atoms with E-state index in [9.17, 15) is 0 Å². The van der Waals surface area contributed by atoms with Crippen LogP contribution >= 0.6 is 27.7 Å². The molecule has 0 aliphatic heterocycles. The number of hydrogen-bond acceptors (Lipinski definition) is 2. The number of nitrogens with one attached hydrogen (secondary N) is 1. The van der Waals surface area contributed by atoms with E-state index in [0.717, 1.165) is 11.8 Å². The van der Waals surface area contributed by atoms with Crippen LogP contribution < -0.4 is 5.32 Å². The van der Waals surface area contributed by atoms with Gasteiger partial charge in [0.15, 0.2) is 0 Å². The number of hydrogen-bond donors (Lipinski definition) is 1. The fourth-order valence-corrected chi connectivity index (χ4v) is 4.41. The second-order valence-electron chi connectivity index (χ2n) is 4.99. The molecule has 18 heavy (non-hydrogen) atoms. The summed E-state index contributed by atoms with van der Waals surface area (Å²) in [6.07, 6.45) is 5.58. The van der Waals surface area contributed by atoms with Crippen LogP contribution in [0.15, 0.2) is 27.6 Å². The summed E-state index contributed by atoms with van der Waals surface area (Å²) < 4.78 is 1.25. The smallest absolute Gasteiger partial charge is 0.0314 e.